The molecule has 98 valence electrons. The van der Waals surface area contributed by atoms with Crippen LogP contribution in [0.25, 0.3) is 0 Å². The van der Waals surface area contributed by atoms with Gasteiger partial charge >= 0.3 is 0 Å². The van der Waals surface area contributed by atoms with Crippen molar-refractivity contribution in [1.29, 1.82) is 0 Å². The zero-order valence-corrected chi connectivity index (χ0v) is 11.8. The summed E-state index contributed by atoms with van der Waals surface area (Å²) in [6.07, 6.45) is 3.37. The second kappa shape index (κ2) is 5.93. The molecule has 0 spiro atoms. The van der Waals surface area contributed by atoms with Gasteiger partial charge in [-0.1, -0.05) is 6.07 Å². The van der Waals surface area contributed by atoms with Crippen LogP contribution in [0.2, 0.25) is 0 Å². The first-order valence-corrected chi connectivity index (χ1v) is 6.53. The van der Waals surface area contributed by atoms with E-state index in [9.17, 15) is 9.18 Å². The number of hydrogen-bond acceptors (Lipinski definition) is 2. The summed E-state index contributed by atoms with van der Waals surface area (Å²) in [7, 11) is 0. The quantitative estimate of drug-likeness (QED) is 0.940. The molecule has 1 amide bonds. The summed E-state index contributed by atoms with van der Waals surface area (Å²) >= 11 is 3.18. The molecule has 1 unspecified atom stereocenters. The molecule has 0 fully saturated rings. The highest BCUT2D eigenvalue weighted by Gasteiger charge is 2.14. The topological polar surface area (TPSA) is 42.0 Å². The number of nitrogens with one attached hydrogen (secondary N) is 1. The Morgan fingerprint density at radius 1 is 1.42 bits per heavy atom. The second-order valence-corrected chi connectivity index (χ2v) is 4.96. The van der Waals surface area contributed by atoms with Crippen LogP contribution in [0, 0.1) is 5.82 Å². The van der Waals surface area contributed by atoms with E-state index in [1.54, 1.807) is 12.4 Å². The molecule has 0 aliphatic carbocycles. The van der Waals surface area contributed by atoms with Gasteiger partial charge in [0.25, 0.3) is 5.91 Å². The SMILES string of the molecule is CC(NC(=O)c1ccc(F)cc1Br)c1cccnc1. The fraction of sp³-hybridized carbons (Fsp3) is 0.143. The maximum Gasteiger partial charge on any atom is 0.252 e. The number of rotatable bonds is 3. The predicted molar refractivity (Wildman–Crippen MR) is 74.2 cm³/mol. The fourth-order valence-corrected chi connectivity index (χ4v) is 2.19. The summed E-state index contributed by atoms with van der Waals surface area (Å²) in [5.41, 5.74) is 1.31. The summed E-state index contributed by atoms with van der Waals surface area (Å²) in [6, 6.07) is 7.50. The van der Waals surface area contributed by atoms with E-state index >= 15 is 0 Å². The molecule has 0 aliphatic rings. The van der Waals surface area contributed by atoms with E-state index < -0.39 is 0 Å². The lowest BCUT2D eigenvalue weighted by molar-refractivity contribution is 0.0939. The Labute approximate surface area is 119 Å². The highest BCUT2D eigenvalue weighted by Crippen LogP contribution is 2.19. The number of halogens is 2. The van der Waals surface area contributed by atoms with Crippen LogP contribution < -0.4 is 5.32 Å². The van der Waals surface area contributed by atoms with Gasteiger partial charge in [-0.2, -0.15) is 0 Å². The van der Waals surface area contributed by atoms with Crippen molar-refractivity contribution < 1.29 is 9.18 Å². The number of aromatic nitrogens is 1. The van der Waals surface area contributed by atoms with Gasteiger partial charge in [-0.25, -0.2) is 4.39 Å². The first-order chi connectivity index (χ1) is 9.08. The molecule has 1 N–H and O–H groups in total. The number of pyridine rings is 1. The maximum atomic E-state index is 13.0. The predicted octanol–water partition coefficient (Wildman–Crippen LogP) is 3.47. The highest BCUT2D eigenvalue weighted by molar-refractivity contribution is 9.10. The monoisotopic (exact) mass is 322 g/mol. The van der Waals surface area contributed by atoms with Gasteiger partial charge in [0.1, 0.15) is 5.82 Å². The van der Waals surface area contributed by atoms with Crippen LogP contribution in [0.4, 0.5) is 4.39 Å². The molecule has 1 aromatic carbocycles. The minimum absolute atomic E-state index is 0.168. The molecule has 3 nitrogen and oxygen atoms in total. The molecular weight excluding hydrogens is 311 g/mol. The Kier molecular flexibility index (Phi) is 4.27. The van der Waals surface area contributed by atoms with Crippen LogP contribution in [0.1, 0.15) is 28.9 Å². The van der Waals surface area contributed by atoms with E-state index in [1.807, 2.05) is 19.1 Å². The van der Waals surface area contributed by atoms with E-state index in [2.05, 4.69) is 26.2 Å². The summed E-state index contributed by atoms with van der Waals surface area (Å²) in [5.74, 6) is -0.646. The Hall–Kier alpha value is -1.75. The van der Waals surface area contributed by atoms with Crippen LogP contribution in [-0.4, -0.2) is 10.9 Å². The van der Waals surface area contributed by atoms with E-state index in [0.29, 0.717) is 10.0 Å². The van der Waals surface area contributed by atoms with Gasteiger partial charge < -0.3 is 5.32 Å². The Bertz CT molecular complexity index is 589. The van der Waals surface area contributed by atoms with Crippen molar-refractivity contribution in [2.45, 2.75) is 13.0 Å². The normalized spacial score (nSPS) is 11.9. The first kappa shape index (κ1) is 13.7. The van der Waals surface area contributed by atoms with Crippen LogP contribution in [0.3, 0.4) is 0 Å². The molecule has 19 heavy (non-hydrogen) atoms. The second-order valence-electron chi connectivity index (χ2n) is 4.11. The minimum Gasteiger partial charge on any atom is -0.345 e. The van der Waals surface area contributed by atoms with Crippen molar-refractivity contribution in [3.8, 4) is 0 Å². The summed E-state index contributed by atoms with van der Waals surface area (Å²) < 4.78 is 13.4. The van der Waals surface area contributed by atoms with Gasteiger partial charge in [0.05, 0.1) is 11.6 Å². The number of carbonyl (C=O) groups excluding carboxylic acids is 1. The van der Waals surface area contributed by atoms with Gasteiger partial charge in [-0.15, -0.1) is 0 Å². The van der Waals surface area contributed by atoms with Crippen LogP contribution >= 0.6 is 15.9 Å². The van der Waals surface area contributed by atoms with Crippen LogP contribution in [-0.2, 0) is 0 Å². The zero-order valence-electron chi connectivity index (χ0n) is 10.2. The molecule has 1 aromatic heterocycles. The standard InChI is InChI=1S/C14H12BrFN2O/c1-9(10-3-2-6-17-8-10)18-14(19)12-5-4-11(16)7-13(12)15/h2-9H,1H3,(H,18,19). The smallest absolute Gasteiger partial charge is 0.252 e. The van der Waals surface area contributed by atoms with E-state index in [-0.39, 0.29) is 17.8 Å². The third-order valence-electron chi connectivity index (χ3n) is 2.71. The molecule has 5 heteroatoms. The number of hydrogen-bond donors (Lipinski definition) is 1. The number of nitrogens with zero attached hydrogens (tertiary/aromatic N) is 1. The van der Waals surface area contributed by atoms with E-state index in [1.165, 1.54) is 18.2 Å². The largest absolute Gasteiger partial charge is 0.345 e. The van der Waals surface area contributed by atoms with Gasteiger partial charge in [0.2, 0.25) is 0 Å². The van der Waals surface area contributed by atoms with Crippen molar-refractivity contribution >= 4 is 21.8 Å². The van der Waals surface area contributed by atoms with Crippen molar-refractivity contribution in [2.24, 2.45) is 0 Å². The van der Waals surface area contributed by atoms with Crippen LogP contribution in [0.15, 0.2) is 47.2 Å². The third-order valence-corrected chi connectivity index (χ3v) is 3.36. The fourth-order valence-electron chi connectivity index (χ4n) is 1.66. The van der Waals surface area contributed by atoms with E-state index in [4.69, 9.17) is 0 Å². The van der Waals surface area contributed by atoms with Crippen LogP contribution in [0.5, 0.6) is 0 Å². The van der Waals surface area contributed by atoms with Gasteiger partial charge in [-0.05, 0) is 52.7 Å². The van der Waals surface area contributed by atoms with Gasteiger partial charge in [0.15, 0.2) is 0 Å². The summed E-state index contributed by atoms with van der Waals surface area (Å²) in [6.45, 7) is 1.87. The average Bonchev–Trinajstić information content (AvgIpc) is 2.39. The Morgan fingerprint density at radius 2 is 2.21 bits per heavy atom. The highest BCUT2D eigenvalue weighted by atomic mass is 79.9. The average molecular weight is 323 g/mol. The lowest BCUT2D eigenvalue weighted by Crippen LogP contribution is -2.27. The molecule has 0 bridgehead atoms. The molecule has 1 atom stereocenters. The Morgan fingerprint density at radius 3 is 2.84 bits per heavy atom. The lowest BCUT2D eigenvalue weighted by atomic mass is 10.1. The molecule has 0 saturated heterocycles. The number of benzene rings is 1. The zero-order chi connectivity index (χ0) is 13.8. The maximum absolute atomic E-state index is 13.0. The van der Waals surface area contributed by atoms with Crippen molar-refractivity contribution in [3.05, 3.63) is 64.1 Å². The Balaban J connectivity index is 2.13. The van der Waals surface area contributed by atoms with Crippen molar-refractivity contribution in [1.82, 2.24) is 10.3 Å². The minimum atomic E-state index is -0.385. The lowest BCUT2D eigenvalue weighted by Gasteiger charge is -2.14. The first-order valence-electron chi connectivity index (χ1n) is 5.74. The summed E-state index contributed by atoms with van der Waals surface area (Å²) in [5, 5.41) is 2.84. The number of carbonyl (C=O) groups is 1. The molecule has 0 radical (unpaired) electrons. The van der Waals surface area contributed by atoms with Gasteiger partial charge in [-0.3, -0.25) is 9.78 Å². The molecule has 0 aliphatic heterocycles. The summed E-state index contributed by atoms with van der Waals surface area (Å²) in [4.78, 5) is 16.1. The van der Waals surface area contributed by atoms with Crippen molar-refractivity contribution in [2.75, 3.05) is 0 Å². The third kappa shape index (κ3) is 3.38. The molecule has 0 saturated carbocycles. The number of amides is 1. The molecule has 2 rings (SSSR count). The molecule has 2 aromatic rings. The molecular formula is C14H12BrFN2O. The van der Waals surface area contributed by atoms with Crippen molar-refractivity contribution in [3.63, 3.8) is 0 Å². The van der Waals surface area contributed by atoms with E-state index in [0.717, 1.165) is 5.56 Å². The molecule has 1 heterocycles. The van der Waals surface area contributed by atoms with Gasteiger partial charge in [0, 0.05) is 16.9 Å².